The first-order chi connectivity index (χ1) is 9.35. The summed E-state index contributed by atoms with van der Waals surface area (Å²) < 4.78 is 4.73. The lowest BCUT2D eigenvalue weighted by molar-refractivity contribution is -0.146. The Kier molecular flexibility index (Phi) is 6.88. The molecule has 6 heteroatoms. The van der Waals surface area contributed by atoms with Gasteiger partial charge < -0.3 is 20.3 Å². The highest BCUT2D eigenvalue weighted by molar-refractivity contribution is 5.79. The third-order valence-corrected chi connectivity index (χ3v) is 3.93. The molecule has 2 N–H and O–H groups in total. The molecule has 118 valence electrons. The van der Waals surface area contributed by atoms with Crippen molar-refractivity contribution >= 4 is 5.97 Å². The Morgan fingerprint density at radius 2 is 1.70 bits per heavy atom. The Labute approximate surface area is 122 Å². The molecule has 1 heterocycles. The Balaban J connectivity index is 2.24. The molecule has 0 aromatic carbocycles. The number of rotatable bonds is 7. The van der Waals surface area contributed by atoms with Gasteiger partial charge in [0.15, 0.2) is 0 Å². The maximum atomic E-state index is 11.5. The van der Waals surface area contributed by atoms with Crippen LogP contribution in [0.3, 0.4) is 0 Å². The molecule has 1 unspecified atom stereocenters. The van der Waals surface area contributed by atoms with Gasteiger partial charge in [0.2, 0.25) is 0 Å². The Morgan fingerprint density at radius 3 is 2.15 bits per heavy atom. The average molecular weight is 286 g/mol. The van der Waals surface area contributed by atoms with Gasteiger partial charge in [0, 0.05) is 45.8 Å². The SMILES string of the molecule is COC(=O)C(C)(N)CCN1CCN(CCN(C)C)CC1. The molecular weight excluding hydrogens is 256 g/mol. The number of ether oxygens (including phenoxy) is 1. The van der Waals surface area contributed by atoms with E-state index in [4.69, 9.17) is 10.5 Å². The summed E-state index contributed by atoms with van der Waals surface area (Å²) in [5.74, 6) is -0.331. The van der Waals surface area contributed by atoms with E-state index >= 15 is 0 Å². The fraction of sp³-hybridized carbons (Fsp3) is 0.929. The van der Waals surface area contributed by atoms with Crippen LogP contribution < -0.4 is 5.73 Å². The number of carbonyl (C=O) groups is 1. The largest absolute Gasteiger partial charge is 0.468 e. The molecule has 0 amide bonds. The second-order valence-electron chi connectivity index (χ2n) is 6.15. The minimum Gasteiger partial charge on any atom is -0.468 e. The van der Waals surface area contributed by atoms with E-state index in [2.05, 4.69) is 28.8 Å². The van der Waals surface area contributed by atoms with Crippen molar-refractivity contribution in [2.75, 3.05) is 67.0 Å². The normalized spacial score (nSPS) is 20.9. The first-order valence-corrected chi connectivity index (χ1v) is 7.32. The standard InChI is InChI=1S/C14H30N4O2/c1-14(15,13(19)20-4)5-6-17-9-11-18(12-10-17)8-7-16(2)3/h5-12,15H2,1-4H3. The quantitative estimate of drug-likeness (QED) is 0.634. The van der Waals surface area contributed by atoms with Crippen molar-refractivity contribution in [3.63, 3.8) is 0 Å². The fourth-order valence-electron chi connectivity index (χ4n) is 2.30. The molecule has 0 radical (unpaired) electrons. The van der Waals surface area contributed by atoms with E-state index in [0.29, 0.717) is 6.42 Å². The third-order valence-electron chi connectivity index (χ3n) is 3.93. The Bertz CT molecular complexity index is 300. The first-order valence-electron chi connectivity index (χ1n) is 7.32. The van der Waals surface area contributed by atoms with Crippen LogP contribution in [0, 0.1) is 0 Å². The molecule has 0 spiro atoms. The summed E-state index contributed by atoms with van der Waals surface area (Å²) in [6.45, 7) is 9.09. The predicted octanol–water partition coefficient (Wildman–Crippen LogP) is -0.554. The van der Waals surface area contributed by atoms with Crippen LogP contribution in [0.5, 0.6) is 0 Å². The van der Waals surface area contributed by atoms with Crippen LogP contribution in [-0.4, -0.2) is 93.2 Å². The predicted molar refractivity (Wildman–Crippen MR) is 80.7 cm³/mol. The van der Waals surface area contributed by atoms with Crippen LogP contribution >= 0.6 is 0 Å². The molecule has 0 aromatic heterocycles. The molecule has 1 aliphatic heterocycles. The Morgan fingerprint density at radius 1 is 1.20 bits per heavy atom. The molecule has 1 fully saturated rings. The summed E-state index contributed by atoms with van der Waals surface area (Å²) >= 11 is 0. The average Bonchev–Trinajstić information content (AvgIpc) is 2.43. The van der Waals surface area contributed by atoms with Gasteiger partial charge in [-0.15, -0.1) is 0 Å². The van der Waals surface area contributed by atoms with E-state index in [9.17, 15) is 4.79 Å². The van der Waals surface area contributed by atoms with Gasteiger partial charge in [0.25, 0.3) is 0 Å². The Hall–Kier alpha value is -0.690. The molecule has 1 rings (SSSR count). The molecular formula is C14H30N4O2. The van der Waals surface area contributed by atoms with Crippen molar-refractivity contribution in [2.45, 2.75) is 18.9 Å². The number of carbonyl (C=O) groups excluding carboxylic acids is 1. The number of hydrogen-bond donors (Lipinski definition) is 1. The van der Waals surface area contributed by atoms with Gasteiger partial charge in [-0.3, -0.25) is 9.69 Å². The molecule has 0 aliphatic carbocycles. The zero-order valence-corrected chi connectivity index (χ0v) is 13.4. The first kappa shape index (κ1) is 17.4. The smallest absolute Gasteiger partial charge is 0.325 e. The van der Waals surface area contributed by atoms with Crippen molar-refractivity contribution in [1.29, 1.82) is 0 Å². The maximum absolute atomic E-state index is 11.5. The number of methoxy groups -OCH3 is 1. The van der Waals surface area contributed by atoms with Crippen LogP contribution in [-0.2, 0) is 9.53 Å². The van der Waals surface area contributed by atoms with Crippen LogP contribution in [0.4, 0.5) is 0 Å². The molecule has 20 heavy (non-hydrogen) atoms. The van der Waals surface area contributed by atoms with Gasteiger partial charge >= 0.3 is 5.97 Å². The minimum atomic E-state index is -0.878. The van der Waals surface area contributed by atoms with Crippen molar-refractivity contribution in [2.24, 2.45) is 5.73 Å². The number of nitrogens with two attached hydrogens (primary N) is 1. The number of nitrogens with zero attached hydrogens (tertiary/aromatic N) is 3. The summed E-state index contributed by atoms with van der Waals surface area (Å²) in [5, 5.41) is 0. The molecule has 1 aliphatic rings. The van der Waals surface area contributed by atoms with E-state index in [1.54, 1.807) is 6.92 Å². The summed E-state index contributed by atoms with van der Waals surface area (Å²) in [6.07, 6.45) is 0.636. The highest BCUT2D eigenvalue weighted by atomic mass is 16.5. The second kappa shape index (κ2) is 7.93. The summed E-state index contributed by atoms with van der Waals surface area (Å²) in [6, 6.07) is 0. The van der Waals surface area contributed by atoms with Crippen LogP contribution in [0.25, 0.3) is 0 Å². The van der Waals surface area contributed by atoms with Gasteiger partial charge in [-0.1, -0.05) is 0 Å². The van der Waals surface area contributed by atoms with E-state index in [-0.39, 0.29) is 5.97 Å². The van der Waals surface area contributed by atoms with Gasteiger partial charge in [-0.25, -0.2) is 0 Å². The van der Waals surface area contributed by atoms with E-state index in [0.717, 1.165) is 45.8 Å². The van der Waals surface area contributed by atoms with E-state index in [1.165, 1.54) is 7.11 Å². The van der Waals surface area contributed by atoms with Crippen molar-refractivity contribution in [3.05, 3.63) is 0 Å². The van der Waals surface area contributed by atoms with Crippen molar-refractivity contribution in [3.8, 4) is 0 Å². The number of hydrogen-bond acceptors (Lipinski definition) is 6. The lowest BCUT2D eigenvalue weighted by atomic mass is 9.99. The zero-order chi connectivity index (χ0) is 15.2. The topological polar surface area (TPSA) is 62.0 Å². The molecule has 1 saturated heterocycles. The number of likely N-dealkylation sites (N-methyl/N-ethyl adjacent to an activating group) is 1. The van der Waals surface area contributed by atoms with E-state index in [1.807, 2.05) is 0 Å². The monoisotopic (exact) mass is 286 g/mol. The molecule has 1 atom stereocenters. The van der Waals surface area contributed by atoms with Crippen molar-refractivity contribution in [1.82, 2.24) is 14.7 Å². The zero-order valence-electron chi connectivity index (χ0n) is 13.4. The highest BCUT2D eigenvalue weighted by Crippen LogP contribution is 2.11. The second-order valence-corrected chi connectivity index (χ2v) is 6.15. The third kappa shape index (κ3) is 5.75. The molecule has 0 aromatic rings. The van der Waals surface area contributed by atoms with Gasteiger partial charge in [-0.2, -0.15) is 0 Å². The lowest BCUT2D eigenvalue weighted by Gasteiger charge is -2.36. The number of esters is 1. The molecule has 0 bridgehead atoms. The molecule has 6 nitrogen and oxygen atoms in total. The summed E-state index contributed by atoms with van der Waals surface area (Å²) in [4.78, 5) is 18.6. The molecule has 0 saturated carbocycles. The van der Waals surface area contributed by atoms with Gasteiger partial charge in [0.1, 0.15) is 5.54 Å². The fourth-order valence-corrected chi connectivity index (χ4v) is 2.30. The minimum absolute atomic E-state index is 0.331. The highest BCUT2D eigenvalue weighted by Gasteiger charge is 2.30. The maximum Gasteiger partial charge on any atom is 0.325 e. The number of piperazine rings is 1. The van der Waals surface area contributed by atoms with E-state index < -0.39 is 5.54 Å². The van der Waals surface area contributed by atoms with Gasteiger partial charge in [0.05, 0.1) is 7.11 Å². The summed E-state index contributed by atoms with van der Waals surface area (Å²) in [7, 11) is 5.59. The van der Waals surface area contributed by atoms with Gasteiger partial charge in [-0.05, 0) is 27.4 Å². The summed E-state index contributed by atoms with van der Waals surface area (Å²) in [5.41, 5.74) is 5.10. The van der Waals surface area contributed by atoms with Crippen LogP contribution in [0.1, 0.15) is 13.3 Å². The van der Waals surface area contributed by atoms with Crippen LogP contribution in [0.15, 0.2) is 0 Å². The van der Waals surface area contributed by atoms with Crippen LogP contribution in [0.2, 0.25) is 0 Å². The van der Waals surface area contributed by atoms with Crippen molar-refractivity contribution < 1.29 is 9.53 Å². The lowest BCUT2D eigenvalue weighted by Crippen LogP contribution is -2.52.